The van der Waals surface area contributed by atoms with Gasteiger partial charge in [0.05, 0.1) is 0 Å². The predicted octanol–water partition coefficient (Wildman–Crippen LogP) is 3.26. The van der Waals surface area contributed by atoms with Crippen molar-refractivity contribution in [3.05, 3.63) is 0 Å². The zero-order valence-electron chi connectivity index (χ0n) is 17.9. The third-order valence-electron chi connectivity index (χ3n) is 2.47. The molecule has 0 unspecified atom stereocenters. The van der Waals surface area contributed by atoms with Crippen LogP contribution < -0.4 is 0 Å². The van der Waals surface area contributed by atoms with Crippen LogP contribution in [-0.2, 0) is 20.6 Å². The highest BCUT2D eigenvalue weighted by molar-refractivity contribution is 6.90. The molecule has 0 aromatic heterocycles. The Morgan fingerprint density at radius 1 is 0.400 bits per heavy atom. The molecule has 0 radical (unpaired) electrons. The van der Waals surface area contributed by atoms with Gasteiger partial charge in [0, 0.05) is 6.55 Å². The van der Waals surface area contributed by atoms with Crippen LogP contribution in [0.15, 0.2) is 0 Å². The fourth-order valence-electron chi connectivity index (χ4n) is 3.06. The largest absolute Gasteiger partial charge is 0.483 e. The van der Waals surface area contributed by atoms with Crippen molar-refractivity contribution >= 4 is 51.4 Å². The van der Waals surface area contributed by atoms with Gasteiger partial charge in [-0.2, -0.15) is 0 Å². The van der Waals surface area contributed by atoms with E-state index in [1.807, 2.05) is 26.2 Å². The van der Waals surface area contributed by atoms with Gasteiger partial charge in [0.15, 0.2) is 8.32 Å². The number of hydrogen-bond acceptors (Lipinski definition) is 7. The van der Waals surface area contributed by atoms with Gasteiger partial charge in [0.25, 0.3) is 0 Å². The molecule has 0 spiro atoms. The highest BCUT2D eigenvalue weighted by atomic mass is 28.5. The third kappa shape index (κ3) is 13.8. The molecule has 0 aromatic carbocycles. The van der Waals surface area contributed by atoms with Crippen molar-refractivity contribution < 1.29 is 30.2 Å². The van der Waals surface area contributed by atoms with E-state index in [1.54, 1.807) is 13.1 Å². The summed E-state index contributed by atoms with van der Waals surface area (Å²) in [6.07, 6.45) is 0. The van der Waals surface area contributed by atoms with Crippen molar-refractivity contribution in [1.82, 2.24) is 0 Å². The Bertz CT molecular complexity index is 402. The predicted molar refractivity (Wildman–Crippen MR) is 115 cm³/mol. The summed E-state index contributed by atoms with van der Waals surface area (Å²) in [7, 11) is -15.4. The minimum Gasteiger partial charge on any atom is -0.437 e. The van der Waals surface area contributed by atoms with Crippen molar-refractivity contribution in [2.45, 2.75) is 78.6 Å². The Morgan fingerprint density at radius 2 is 0.640 bits per heavy atom. The molecule has 0 fully saturated rings. The van der Waals surface area contributed by atoms with Crippen LogP contribution in [0.2, 0.25) is 78.6 Å². The van der Waals surface area contributed by atoms with E-state index in [9.17, 15) is 9.59 Å². The van der Waals surface area contributed by atoms with E-state index in [0.29, 0.717) is 0 Å². The first-order chi connectivity index (χ1) is 10.5. The summed E-state index contributed by atoms with van der Waals surface area (Å²) in [6.45, 7) is 23.3. The Labute approximate surface area is 160 Å². The molecule has 7 nitrogen and oxygen atoms in total. The fourth-order valence-corrected chi connectivity index (χ4v) is 29.1. The molecule has 152 valence electrons. The lowest BCUT2D eigenvalue weighted by Gasteiger charge is -2.42. The fraction of sp³-hybridized carbons (Fsp3) is 1.00. The molecule has 0 aliphatic carbocycles. The Balaban J connectivity index is 5.01. The molecule has 0 rings (SSSR count). The first-order valence-electron chi connectivity index (χ1n) is 8.49. The van der Waals surface area contributed by atoms with E-state index in [0.717, 1.165) is 0 Å². The quantitative estimate of drug-likeness (QED) is 0.482. The summed E-state index contributed by atoms with van der Waals surface area (Å²) < 4.78 is 30.5. The standard InChI is InChI=1S/C12H38O7Si6/c1-20(2,3)15-21(4,5)16-22(6,7)17-23(8,9)18-24(10,11)19-25(12,13)14/h13-14H,1-12H3. The van der Waals surface area contributed by atoms with Crippen LogP contribution in [0.25, 0.3) is 0 Å². The van der Waals surface area contributed by atoms with Gasteiger partial charge < -0.3 is 30.2 Å². The summed E-state index contributed by atoms with van der Waals surface area (Å²) in [6, 6.07) is 0. The molecular formula is C12H38O7Si6. The summed E-state index contributed by atoms with van der Waals surface area (Å²) >= 11 is 0. The summed E-state index contributed by atoms with van der Waals surface area (Å²) in [4.78, 5) is 19.2. The van der Waals surface area contributed by atoms with E-state index >= 15 is 0 Å². The van der Waals surface area contributed by atoms with Crippen LogP contribution in [0.4, 0.5) is 0 Å². The molecule has 0 amide bonds. The maximum Gasteiger partial charge on any atom is 0.483 e. The maximum atomic E-state index is 9.62. The highest BCUT2D eigenvalue weighted by Crippen LogP contribution is 2.26. The van der Waals surface area contributed by atoms with E-state index in [-0.39, 0.29) is 0 Å². The van der Waals surface area contributed by atoms with Crippen molar-refractivity contribution in [2.75, 3.05) is 0 Å². The van der Waals surface area contributed by atoms with Gasteiger partial charge in [0.2, 0.25) is 0 Å². The lowest BCUT2D eigenvalue weighted by atomic mass is 11.8. The number of hydrogen-bond donors (Lipinski definition) is 2. The first kappa shape index (κ1) is 26.0. The lowest BCUT2D eigenvalue weighted by molar-refractivity contribution is 0.212. The van der Waals surface area contributed by atoms with Crippen molar-refractivity contribution in [2.24, 2.45) is 0 Å². The van der Waals surface area contributed by atoms with Gasteiger partial charge in [0.1, 0.15) is 0 Å². The van der Waals surface area contributed by atoms with E-state index in [1.165, 1.54) is 6.55 Å². The molecule has 0 saturated heterocycles. The lowest BCUT2D eigenvalue weighted by Crippen LogP contribution is -2.60. The highest BCUT2D eigenvalue weighted by Gasteiger charge is 2.47. The summed E-state index contributed by atoms with van der Waals surface area (Å²) in [5.74, 6) is 0. The average Bonchev–Trinajstić information content (AvgIpc) is 1.97. The molecule has 0 heterocycles. The van der Waals surface area contributed by atoms with Crippen LogP contribution >= 0.6 is 0 Å². The molecule has 0 aliphatic heterocycles. The van der Waals surface area contributed by atoms with Gasteiger partial charge in [-0.15, -0.1) is 0 Å². The number of rotatable bonds is 10. The van der Waals surface area contributed by atoms with Gasteiger partial charge >= 0.3 is 43.0 Å². The second-order valence-corrected chi connectivity index (χ2v) is 30.5. The normalized spacial score (nSPS) is 15.6. The van der Waals surface area contributed by atoms with Gasteiger partial charge in [-0.3, -0.25) is 0 Å². The molecular weight excluding hydrogens is 425 g/mol. The van der Waals surface area contributed by atoms with E-state index in [2.05, 4.69) is 32.7 Å². The van der Waals surface area contributed by atoms with Crippen LogP contribution in [0.3, 0.4) is 0 Å². The van der Waals surface area contributed by atoms with E-state index < -0.39 is 51.4 Å². The Morgan fingerprint density at radius 3 is 0.880 bits per heavy atom. The van der Waals surface area contributed by atoms with Crippen LogP contribution in [0.5, 0.6) is 0 Å². The van der Waals surface area contributed by atoms with Crippen LogP contribution in [0.1, 0.15) is 0 Å². The monoisotopic (exact) mass is 462 g/mol. The van der Waals surface area contributed by atoms with Gasteiger partial charge in [-0.25, -0.2) is 0 Å². The third-order valence-corrected chi connectivity index (χ3v) is 22.2. The molecule has 2 N–H and O–H groups in total. The summed E-state index contributed by atoms with van der Waals surface area (Å²) in [5.41, 5.74) is 0. The minimum atomic E-state index is -3.64. The maximum absolute atomic E-state index is 9.62. The molecule has 25 heavy (non-hydrogen) atoms. The molecule has 0 aromatic rings. The van der Waals surface area contributed by atoms with Crippen LogP contribution in [-0.4, -0.2) is 61.0 Å². The van der Waals surface area contributed by atoms with Gasteiger partial charge in [-0.1, -0.05) is 0 Å². The van der Waals surface area contributed by atoms with Crippen molar-refractivity contribution in [1.29, 1.82) is 0 Å². The summed E-state index contributed by atoms with van der Waals surface area (Å²) in [5, 5.41) is 0. The zero-order chi connectivity index (χ0) is 20.5. The Kier molecular flexibility index (Phi) is 8.51. The van der Waals surface area contributed by atoms with E-state index in [4.69, 9.17) is 20.6 Å². The SMILES string of the molecule is C[Si](C)(C)O[Si](C)(C)O[Si](C)(C)O[Si](C)(C)O[Si](C)(C)O[Si](C)(O)O. The zero-order valence-corrected chi connectivity index (χ0v) is 23.9. The average molecular weight is 463 g/mol. The van der Waals surface area contributed by atoms with Crippen molar-refractivity contribution in [3.63, 3.8) is 0 Å². The first-order valence-corrected chi connectivity index (χ1v) is 25.5. The van der Waals surface area contributed by atoms with Crippen molar-refractivity contribution in [3.8, 4) is 0 Å². The van der Waals surface area contributed by atoms with Gasteiger partial charge in [-0.05, 0) is 72.0 Å². The molecule has 13 heteroatoms. The topological polar surface area (TPSA) is 86.6 Å². The Hall–Kier alpha value is 1.02. The molecule has 0 bridgehead atoms. The smallest absolute Gasteiger partial charge is 0.437 e. The van der Waals surface area contributed by atoms with Crippen LogP contribution in [0, 0.1) is 0 Å². The second-order valence-electron chi connectivity index (χ2n) is 9.16. The molecule has 0 atom stereocenters. The molecule has 0 saturated carbocycles. The second kappa shape index (κ2) is 8.18. The molecule has 0 aliphatic rings. The minimum absolute atomic E-state index is 1.31.